The van der Waals surface area contributed by atoms with Gasteiger partial charge in [0.1, 0.15) is 23.5 Å². The van der Waals surface area contributed by atoms with Gasteiger partial charge in [-0.25, -0.2) is 13.2 Å². The van der Waals surface area contributed by atoms with E-state index in [9.17, 15) is 13.2 Å². The molecular formula is C16H22O5S. The van der Waals surface area contributed by atoms with Crippen LogP contribution in [0.2, 0.25) is 0 Å². The average molecular weight is 326 g/mol. The Labute approximate surface area is 131 Å². The molecule has 1 aromatic carbocycles. The molecule has 1 saturated carbocycles. The van der Waals surface area contributed by atoms with Crippen molar-refractivity contribution < 1.29 is 22.7 Å². The van der Waals surface area contributed by atoms with E-state index in [1.807, 2.05) is 0 Å². The molecule has 1 aliphatic carbocycles. The van der Waals surface area contributed by atoms with Crippen LogP contribution >= 0.6 is 0 Å². The number of para-hydroxylation sites is 1. The third-order valence-corrected chi connectivity index (χ3v) is 5.39. The third-order valence-electron chi connectivity index (χ3n) is 3.16. The molecule has 6 heteroatoms. The highest BCUT2D eigenvalue weighted by Gasteiger charge is 2.35. The van der Waals surface area contributed by atoms with Crippen molar-refractivity contribution in [3.63, 3.8) is 0 Å². The van der Waals surface area contributed by atoms with E-state index in [1.54, 1.807) is 45.0 Å². The number of hydrogen-bond acceptors (Lipinski definition) is 5. The third kappa shape index (κ3) is 4.73. The molecule has 0 N–H and O–H groups in total. The highest BCUT2D eigenvalue weighted by molar-refractivity contribution is 7.92. The van der Waals surface area contributed by atoms with Gasteiger partial charge in [-0.2, -0.15) is 0 Å². The van der Waals surface area contributed by atoms with Gasteiger partial charge >= 0.3 is 5.97 Å². The minimum absolute atomic E-state index is 0.0275. The lowest BCUT2D eigenvalue weighted by Crippen LogP contribution is -2.24. The first-order chi connectivity index (χ1) is 10.2. The van der Waals surface area contributed by atoms with Gasteiger partial charge in [-0.15, -0.1) is 0 Å². The largest absolute Gasteiger partial charge is 0.492 e. The number of ether oxygens (including phenoxy) is 2. The number of hydrogen-bond donors (Lipinski definition) is 0. The molecule has 0 aromatic heterocycles. The number of esters is 1. The molecule has 1 aliphatic rings. The monoisotopic (exact) mass is 326 g/mol. The predicted octanol–water partition coefficient (Wildman–Crippen LogP) is 2.60. The van der Waals surface area contributed by atoms with E-state index in [0.717, 1.165) is 12.8 Å². The first-order valence-electron chi connectivity index (χ1n) is 7.36. The molecule has 0 aliphatic heterocycles. The molecule has 0 saturated heterocycles. The number of carbonyl (C=O) groups is 1. The molecule has 0 radical (unpaired) electrons. The van der Waals surface area contributed by atoms with E-state index in [4.69, 9.17) is 9.47 Å². The van der Waals surface area contributed by atoms with Crippen molar-refractivity contribution in [2.24, 2.45) is 0 Å². The number of rotatable bonds is 6. The standard InChI is InChI=1S/C16H22O5S/c1-16(2,3)21-15(17)13-6-4-5-7-14(13)20-10-11-22(18,19)12-8-9-12/h4-7,12H,8-11H2,1-3H3. The van der Waals surface area contributed by atoms with Crippen LogP contribution in [0.25, 0.3) is 0 Å². The van der Waals surface area contributed by atoms with Crippen LogP contribution < -0.4 is 4.74 Å². The number of benzene rings is 1. The topological polar surface area (TPSA) is 69.7 Å². The summed E-state index contributed by atoms with van der Waals surface area (Å²) in [5.74, 6) is -0.156. The summed E-state index contributed by atoms with van der Waals surface area (Å²) >= 11 is 0. The van der Waals surface area contributed by atoms with Crippen LogP contribution in [0.4, 0.5) is 0 Å². The first kappa shape index (κ1) is 16.8. The molecular weight excluding hydrogens is 304 g/mol. The second-order valence-electron chi connectivity index (χ2n) is 6.41. The SMILES string of the molecule is CC(C)(C)OC(=O)c1ccccc1OCCS(=O)(=O)C1CC1. The number of carbonyl (C=O) groups excluding carboxylic acids is 1. The lowest BCUT2D eigenvalue weighted by atomic mass is 10.1. The fourth-order valence-electron chi connectivity index (χ4n) is 1.96. The molecule has 0 bridgehead atoms. The fraction of sp³-hybridized carbons (Fsp3) is 0.562. The minimum atomic E-state index is -3.06. The van der Waals surface area contributed by atoms with Crippen molar-refractivity contribution >= 4 is 15.8 Å². The van der Waals surface area contributed by atoms with Crippen LogP contribution in [0.15, 0.2) is 24.3 Å². The van der Waals surface area contributed by atoms with Gasteiger partial charge in [-0.05, 0) is 45.7 Å². The minimum Gasteiger partial charge on any atom is -0.492 e. The quantitative estimate of drug-likeness (QED) is 0.752. The van der Waals surface area contributed by atoms with E-state index >= 15 is 0 Å². The van der Waals surface area contributed by atoms with Gasteiger partial charge in [0, 0.05) is 0 Å². The lowest BCUT2D eigenvalue weighted by molar-refractivity contribution is 0.00660. The normalized spacial score (nSPS) is 15.4. The van der Waals surface area contributed by atoms with Gasteiger partial charge in [0.2, 0.25) is 0 Å². The molecule has 22 heavy (non-hydrogen) atoms. The summed E-state index contributed by atoms with van der Waals surface area (Å²) in [6.45, 7) is 5.41. The molecule has 0 spiro atoms. The van der Waals surface area contributed by atoms with E-state index in [0.29, 0.717) is 11.3 Å². The highest BCUT2D eigenvalue weighted by Crippen LogP contribution is 2.29. The summed E-state index contributed by atoms with van der Waals surface area (Å²) in [5.41, 5.74) is -0.291. The maximum atomic E-state index is 12.1. The van der Waals surface area contributed by atoms with Crippen molar-refractivity contribution in [2.45, 2.75) is 44.5 Å². The molecule has 0 unspecified atom stereocenters. The summed E-state index contributed by atoms with van der Waals surface area (Å²) in [4.78, 5) is 12.1. The van der Waals surface area contributed by atoms with Crippen LogP contribution in [-0.2, 0) is 14.6 Å². The molecule has 122 valence electrons. The van der Waals surface area contributed by atoms with E-state index in [1.165, 1.54) is 0 Å². The molecule has 1 fully saturated rings. The van der Waals surface area contributed by atoms with Crippen LogP contribution in [0.1, 0.15) is 44.0 Å². The number of sulfone groups is 1. The Morgan fingerprint density at radius 1 is 1.23 bits per heavy atom. The molecule has 1 aromatic rings. The van der Waals surface area contributed by atoms with E-state index < -0.39 is 21.4 Å². The predicted molar refractivity (Wildman–Crippen MR) is 83.9 cm³/mol. The Morgan fingerprint density at radius 3 is 2.45 bits per heavy atom. The van der Waals surface area contributed by atoms with E-state index in [2.05, 4.69) is 0 Å². The Bertz CT molecular complexity index is 639. The van der Waals surface area contributed by atoms with Crippen LogP contribution in [-0.4, -0.2) is 37.6 Å². The second kappa shape index (κ2) is 6.28. The zero-order valence-corrected chi connectivity index (χ0v) is 14.0. The van der Waals surface area contributed by atoms with Crippen molar-refractivity contribution in [3.05, 3.63) is 29.8 Å². The Hall–Kier alpha value is -1.56. The van der Waals surface area contributed by atoms with Crippen LogP contribution in [0, 0.1) is 0 Å². The summed E-state index contributed by atoms with van der Waals surface area (Å²) in [5, 5.41) is -0.197. The fourth-order valence-corrected chi connectivity index (χ4v) is 3.46. The summed E-state index contributed by atoms with van der Waals surface area (Å²) in [7, 11) is -3.06. The van der Waals surface area contributed by atoms with Crippen LogP contribution in [0.5, 0.6) is 5.75 Å². The van der Waals surface area contributed by atoms with Crippen molar-refractivity contribution in [1.82, 2.24) is 0 Å². The Kier molecular flexibility index (Phi) is 4.80. The van der Waals surface area contributed by atoms with Gasteiger partial charge < -0.3 is 9.47 Å². The summed E-state index contributed by atoms with van der Waals surface area (Å²) in [6, 6.07) is 6.70. The van der Waals surface area contributed by atoms with Gasteiger partial charge in [0.25, 0.3) is 0 Å². The van der Waals surface area contributed by atoms with Gasteiger partial charge in [0.15, 0.2) is 9.84 Å². The molecule has 0 heterocycles. The summed E-state index contributed by atoms with van der Waals surface area (Å²) in [6.07, 6.45) is 1.49. The maximum Gasteiger partial charge on any atom is 0.342 e. The molecule has 0 atom stereocenters. The van der Waals surface area contributed by atoms with Crippen molar-refractivity contribution in [2.75, 3.05) is 12.4 Å². The van der Waals surface area contributed by atoms with Gasteiger partial charge in [-0.1, -0.05) is 12.1 Å². The van der Waals surface area contributed by atoms with Crippen molar-refractivity contribution in [1.29, 1.82) is 0 Å². The molecule has 0 amide bonds. The maximum absolute atomic E-state index is 12.1. The van der Waals surface area contributed by atoms with Crippen LogP contribution in [0.3, 0.4) is 0 Å². The van der Waals surface area contributed by atoms with Gasteiger partial charge in [0.05, 0.1) is 11.0 Å². The average Bonchev–Trinajstić information content (AvgIpc) is 3.21. The second-order valence-corrected chi connectivity index (χ2v) is 8.81. The Balaban J connectivity index is 2.00. The van der Waals surface area contributed by atoms with Gasteiger partial charge in [-0.3, -0.25) is 0 Å². The van der Waals surface area contributed by atoms with E-state index in [-0.39, 0.29) is 17.6 Å². The smallest absolute Gasteiger partial charge is 0.342 e. The zero-order chi connectivity index (χ0) is 16.4. The lowest BCUT2D eigenvalue weighted by Gasteiger charge is -2.20. The zero-order valence-electron chi connectivity index (χ0n) is 13.2. The molecule has 2 rings (SSSR count). The Morgan fingerprint density at radius 2 is 1.86 bits per heavy atom. The first-order valence-corrected chi connectivity index (χ1v) is 9.07. The molecule has 5 nitrogen and oxygen atoms in total. The summed E-state index contributed by atoms with van der Waals surface area (Å²) < 4.78 is 34.5. The van der Waals surface area contributed by atoms with Crippen molar-refractivity contribution in [3.8, 4) is 5.75 Å². The highest BCUT2D eigenvalue weighted by atomic mass is 32.2.